The summed E-state index contributed by atoms with van der Waals surface area (Å²) in [5, 5.41) is 9.86. The van der Waals surface area contributed by atoms with E-state index in [2.05, 4.69) is 18.8 Å². The normalized spacial score (nSPS) is 26.6. The molecule has 14 heavy (non-hydrogen) atoms. The Balaban J connectivity index is 2.09. The van der Waals surface area contributed by atoms with Gasteiger partial charge in [0.15, 0.2) is 0 Å². The van der Waals surface area contributed by atoms with Crippen LogP contribution in [0.2, 0.25) is 0 Å². The second-order valence-corrected chi connectivity index (χ2v) is 4.67. The van der Waals surface area contributed by atoms with Gasteiger partial charge in [0.1, 0.15) is 12.1 Å². The maximum absolute atomic E-state index is 9.86. The van der Waals surface area contributed by atoms with Gasteiger partial charge in [-0.15, -0.1) is 0 Å². The topological polar surface area (TPSA) is 38.0 Å². The zero-order valence-corrected chi connectivity index (χ0v) is 8.85. The third-order valence-corrected chi connectivity index (χ3v) is 2.89. The summed E-state index contributed by atoms with van der Waals surface area (Å²) in [6.07, 6.45) is 6.36. The summed E-state index contributed by atoms with van der Waals surface area (Å²) in [6, 6.07) is 0. The molecular formula is C11H18N2O. The van der Waals surface area contributed by atoms with Gasteiger partial charge < -0.3 is 9.67 Å². The van der Waals surface area contributed by atoms with E-state index < -0.39 is 0 Å². The number of fused-ring (bicyclic) bond motifs is 1. The number of aliphatic hydroxyl groups excluding tert-OH is 1. The molecule has 2 atom stereocenters. The van der Waals surface area contributed by atoms with Crippen LogP contribution in [-0.2, 0) is 6.42 Å². The minimum Gasteiger partial charge on any atom is -0.373 e. The largest absolute Gasteiger partial charge is 0.373 e. The van der Waals surface area contributed by atoms with Gasteiger partial charge in [0, 0.05) is 18.8 Å². The standard InChI is InChI=1S/C11H18N2O/c1-8(2)5-9-6-10-12-3-4-13(10)11(14)7-9/h3-4,8-9,11,14H,5-7H2,1-2H3. The summed E-state index contributed by atoms with van der Waals surface area (Å²) in [5.41, 5.74) is 0. The van der Waals surface area contributed by atoms with Crippen LogP contribution in [0, 0.1) is 11.8 Å². The monoisotopic (exact) mass is 194 g/mol. The van der Waals surface area contributed by atoms with Crippen LogP contribution >= 0.6 is 0 Å². The van der Waals surface area contributed by atoms with Crippen LogP contribution in [0.15, 0.2) is 12.4 Å². The second-order valence-electron chi connectivity index (χ2n) is 4.67. The van der Waals surface area contributed by atoms with Gasteiger partial charge >= 0.3 is 0 Å². The molecule has 0 radical (unpaired) electrons. The highest BCUT2D eigenvalue weighted by atomic mass is 16.3. The van der Waals surface area contributed by atoms with Crippen LogP contribution in [0.25, 0.3) is 0 Å². The van der Waals surface area contributed by atoms with Crippen LogP contribution < -0.4 is 0 Å². The summed E-state index contributed by atoms with van der Waals surface area (Å²) in [6.45, 7) is 4.46. The number of imidazole rings is 1. The summed E-state index contributed by atoms with van der Waals surface area (Å²) in [7, 11) is 0. The van der Waals surface area contributed by atoms with E-state index in [0.717, 1.165) is 18.7 Å². The Hall–Kier alpha value is -0.830. The maximum Gasteiger partial charge on any atom is 0.132 e. The van der Waals surface area contributed by atoms with Crippen molar-refractivity contribution < 1.29 is 5.11 Å². The lowest BCUT2D eigenvalue weighted by molar-refractivity contribution is 0.0517. The Bertz CT molecular complexity index is 306. The van der Waals surface area contributed by atoms with Crippen molar-refractivity contribution in [3.05, 3.63) is 18.2 Å². The van der Waals surface area contributed by atoms with Gasteiger partial charge in [0.05, 0.1) is 0 Å². The third kappa shape index (κ3) is 1.82. The van der Waals surface area contributed by atoms with E-state index in [1.165, 1.54) is 6.42 Å². The average Bonchev–Trinajstić information content (AvgIpc) is 2.50. The fourth-order valence-corrected chi connectivity index (χ4v) is 2.37. The first kappa shape index (κ1) is 9.71. The molecule has 0 aromatic carbocycles. The van der Waals surface area contributed by atoms with E-state index in [1.807, 2.05) is 10.8 Å². The predicted octanol–water partition coefficient (Wildman–Crippen LogP) is 1.98. The van der Waals surface area contributed by atoms with Gasteiger partial charge in [-0.2, -0.15) is 0 Å². The van der Waals surface area contributed by atoms with Crippen molar-refractivity contribution in [1.82, 2.24) is 9.55 Å². The maximum atomic E-state index is 9.86. The molecule has 1 aromatic rings. The van der Waals surface area contributed by atoms with Gasteiger partial charge in [-0.3, -0.25) is 0 Å². The van der Waals surface area contributed by atoms with E-state index in [0.29, 0.717) is 11.8 Å². The molecule has 1 aliphatic rings. The fraction of sp³-hybridized carbons (Fsp3) is 0.727. The number of rotatable bonds is 2. The van der Waals surface area contributed by atoms with E-state index >= 15 is 0 Å². The van der Waals surface area contributed by atoms with Gasteiger partial charge in [0.25, 0.3) is 0 Å². The fourth-order valence-electron chi connectivity index (χ4n) is 2.37. The van der Waals surface area contributed by atoms with Gasteiger partial charge in [-0.1, -0.05) is 13.8 Å². The molecule has 0 bridgehead atoms. The summed E-state index contributed by atoms with van der Waals surface area (Å²) in [5.74, 6) is 2.34. The van der Waals surface area contributed by atoms with E-state index in [-0.39, 0.29) is 6.23 Å². The molecule has 1 aromatic heterocycles. The van der Waals surface area contributed by atoms with E-state index in [1.54, 1.807) is 6.20 Å². The molecule has 0 aliphatic carbocycles. The van der Waals surface area contributed by atoms with E-state index in [9.17, 15) is 5.11 Å². The Morgan fingerprint density at radius 3 is 3.14 bits per heavy atom. The first-order valence-electron chi connectivity index (χ1n) is 5.36. The number of nitrogens with zero attached hydrogens (tertiary/aromatic N) is 2. The molecular weight excluding hydrogens is 176 g/mol. The molecule has 0 fully saturated rings. The van der Waals surface area contributed by atoms with Crippen molar-refractivity contribution in [2.45, 2.75) is 39.3 Å². The van der Waals surface area contributed by atoms with Crippen molar-refractivity contribution in [1.29, 1.82) is 0 Å². The average molecular weight is 194 g/mol. The zero-order chi connectivity index (χ0) is 10.1. The first-order valence-corrected chi connectivity index (χ1v) is 5.36. The van der Waals surface area contributed by atoms with Crippen molar-refractivity contribution >= 4 is 0 Å². The Kier molecular flexibility index (Phi) is 2.59. The minimum absolute atomic E-state index is 0.356. The number of hydrogen-bond acceptors (Lipinski definition) is 2. The molecule has 0 spiro atoms. The Labute approximate surface area is 84.8 Å². The number of aromatic nitrogens is 2. The van der Waals surface area contributed by atoms with Crippen molar-refractivity contribution in [3.63, 3.8) is 0 Å². The molecule has 2 heterocycles. The van der Waals surface area contributed by atoms with Crippen LogP contribution in [0.5, 0.6) is 0 Å². The molecule has 3 heteroatoms. The Morgan fingerprint density at radius 1 is 1.64 bits per heavy atom. The lowest BCUT2D eigenvalue weighted by Crippen LogP contribution is -2.25. The van der Waals surface area contributed by atoms with Crippen molar-refractivity contribution in [3.8, 4) is 0 Å². The highest BCUT2D eigenvalue weighted by Gasteiger charge is 2.25. The third-order valence-electron chi connectivity index (χ3n) is 2.89. The highest BCUT2D eigenvalue weighted by molar-refractivity contribution is 4.99. The SMILES string of the molecule is CC(C)CC1Cc2nccn2C(O)C1. The van der Waals surface area contributed by atoms with Crippen LogP contribution in [-0.4, -0.2) is 14.7 Å². The molecule has 0 saturated carbocycles. The smallest absolute Gasteiger partial charge is 0.132 e. The van der Waals surface area contributed by atoms with Crippen molar-refractivity contribution in [2.75, 3.05) is 0 Å². The molecule has 0 saturated heterocycles. The second kappa shape index (κ2) is 3.73. The molecule has 1 aliphatic heterocycles. The summed E-state index contributed by atoms with van der Waals surface area (Å²) in [4.78, 5) is 4.27. The zero-order valence-electron chi connectivity index (χ0n) is 8.85. The molecule has 1 N–H and O–H groups in total. The first-order chi connectivity index (χ1) is 6.66. The quantitative estimate of drug-likeness (QED) is 0.781. The molecule has 2 rings (SSSR count). The lowest BCUT2D eigenvalue weighted by atomic mass is 9.88. The Morgan fingerprint density at radius 2 is 2.43 bits per heavy atom. The predicted molar refractivity (Wildman–Crippen MR) is 54.7 cm³/mol. The van der Waals surface area contributed by atoms with Gasteiger partial charge in [-0.25, -0.2) is 4.98 Å². The van der Waals surface area contributed by atoms with E-state index in [4.69, 9.17) is 0 Å². The molecule has 3 nitrogen and oxygen atoms in total. The van der Waals surface area contributed by atoms with Gasteiger partial charge in [0.2, 0.25) is 0 Å². The molecule has 0 amide bonds. The molecule has 78 valence electrons. The summed E-state index contributed by atoms with van der Waals surface area (Å²) < 4.78 is 1.89. The number of hydrogen-bond donors (Lipinski definition) is 1. The van der Waals surface area contributed by atoms with Crippen molar-refractivity contribution in [2.24, 2.45) is 11.8 Å². The minimum atomic E-state index is -0.356. The summed E-state index contributed by atoms with van der Waals surface area (Å²) >= 11 is 0. The van der Waals surface area contributed by atoms with Crippen LogP contribution in [0.1, 0.15) is 38.7 Å². The lowest BCUT2D eigenvalue weighted by Gasteiger charge is -2.28. The highest BCUT2D eigenvalue weighted by Crippen LogP contribution is 2.30. The van der Waals surface area contributed by atoms with Crippen LogP contribution in [0.4, 0.5) is 0 Å². The number of aliphatic hydroxyl groups is 1. The van der Waals surface area contributed by atoms with Gasteiger partial charge in [-0.05, 0) is 24.7 Å². The van der Waals surface area contributed by atoms with Crippen LogP contribution in [0.3, 0.4) is 0 Å². The molecule has 2 unspecified atom stereocenters.